The van der Waals surface area contributed by atoms with Crippen LogP contribution < -0.4 is 15.4 Å². The van der Waals surface area contributed by atoms with Crippen molar-refractivity contribution >= 4 is 29.4 Å². The molecule has 0 aliphatic carbocycles. The summed E-state index contributed by atoms with van der Waals surface area (Å²) in [5, 5.41) is 14.4. The zero-order chi connectivity index (χ0) is 19.0. The van der Waals surface area contributed by atoms with Crippen LogP contribution in [0.1, 0.15) is 27.2 Å². The van der Waals surface area contributed by atoms with Crippen LogP contribution in [0.4, 0.5) is 0 Å². The van der Waals surface area contributed by atoms with Crippen LogP contribution in [0.25, 0.3) is 0 Å². The van der Waals surface area contributed by atoms with Gasteiger partial charge in [-0.2, -0.15) is 0 Å². The molecule has 0 saturated carbocycles. The highest BCUT2D eigenvalue weighted by Crippen LogP contribution is 2.18. The van der Waals surface area contributed by atoms with Gasteiger partial charge in [-0.3, -0.25) is 9.59 Å². The smallest absolute Gasteiger partial charge is 0.326 e. The number of carboxylic acids is 1. The Hall–Kier alpha value is -2.28. The van der Waals surface area contributed by atoms with E-state index in [1.807, 2.05) is 13.8 Å². The lowest BCUT2D eigenvalue weighted by Gasteiger charge is -2.18. The van der Waals surface area contributed by atoms with Crippen LogP contribution in [-0.2, 0) is 14.4 Å². The van der Waals surface area contributed by atoms with Crippen LogP contribution in [0, 0.1) is 5.92 Å². The van der Waals surface area contributed by atoms with E-state index in [4.69, 9.17) is 21.4 Å². The molecule has 0 aromatic heterocycles. The molecule has 7 nitrogen and oxygen atoms in total. The fraction of sp³-hybridized carbons (Fsp3) is 0.471. The van der Waals surface area contributed by atoms with E-state index in [2.05, 4.69) is 10.6 Å². The van der Waals surface area contributed by atoms with Crippen molar-refractivity contribution in [3.63, 3.8) is 0 Å². The van der Waals surface area contributed by atoms with E-state index in [1.54, 1.807) is 24.3 Å². The van der Waals surface area contributed by atoms with Gasteiger partial charge >= 0.3 is 5.97 Å². The highest BCUT2D eigenvalue weighted by Gasteiger charge is 2.22. The van der Waals surface area contributed by atoms with Gasteiger partial charge < -0.3 is 20.5 Å². The molecule has 138 valence electrons. The third-order valence-corrected chi connectivity index (χ3v) is 3.48. The molecule has 0 fully saturated rings. The number of ether oxygens (including phenoxy) is 1. The highest BCUT2D eigenvalue weighted by molar-refractivity contribution is 6.30. The van der Waals surface area contributed by atoms with E-state index in [1.165, 1.54) is 6.92 Å². The predicted octanol–water partition coefficient (Wildman–Crippen LogP) is 1.84. The molecule has 2 amide bonds. The number of halogens is 1. The molecule has 1 unspecified atom stereocenters. The number of rotatable bonds is 9. The van der Waals surface area contributed by atoms with Crippen molar-refractivity contribution in [3.8, 4) is 5.75 Å². The van der Waals surface area contributed by atoms with E-state index < -0.39 is 29.9 Å². The molecule has 1 aromatic rings. The maximum Gasteiger partial charge on any atom is 0.326 e. The third-order valence-electron chi connectivity index (χ3n) is 3.24. The maximum atomic E-state index is 12.0. The molecule has 0 heterocycles. The summed E-state index contributed by atoms with van der Waals surface area (Å²) in [6, 6.07) is 5.62. The van der Waals surface area contributed by atoms with Crippen LogP contribution in [0.15, 0.2) is 24.3 Å². The van der Waals surface area contributed by atoms with Gasteiger partial charge in [0, 0.05) is 5.02 Å². The van der Waals surface area contributed by atoms with Gasteiger partial charge in [-0.05, 0) is 37.5 Å². The Balaban J connectivity index is 2.46. The highest BCUT2D eigenvalue weighted by atomic mass is 35.5. The van der Waals surface area contributed by atoms with Crippen LogP contribution in [0.5, 0.6) is 5.75 Å². The Morgan fingerprint density at radius 3 is 2.48 bits per heavy atom. The van der Waals surface area contributed by atoms with Gasteiger partial charge in [0.05, 0.1) is 6.54 Å². The minimum atomic E-state index is -1.11. The minimum absolute atomic E-state index is 0.113. The van der Waals surface area contributed by atoms with Crippen molar-refractivity contribution in [3.05, 3.63) is 29.3 Å². The first-order chi connectivity index (χ1) is 11.7. The van der Waals surface area contributed by atoms with E-state index in [0.29, 0.717) is 17.2 Å². The number of nitrogens with one attached hydrogen (secondary N) is 2. The lowest BCUT2D eigenvalue weighted by Crippen LogP contribution is -2.47. The van der Waals surface area contributed by atoms with E-state index in [0.717, 1.165) is 0 Å². The molecule has 2 atom stereocenters. The largest absolute Gasteiger partial charge is 0.481 e. The number of carbonyl (C=O) groups is 3. The average molecular weight is 371 g/mol. The molecule has 0 radical (unpaired) electrons. The first kappa shape index (κ1) is 20.8. The maximum absolute atomic E-state index is 12.0. The SMILES string of the molecule is CC(C)C[C@H](NC(=O)CNC(=O)C(C)Oc1cccc(Cl)c1)C(=O)O. The van der Waals surface area contributed by atoms with Crippen LogP contribution in [0.3, 0.4) is 0 Å². The van der Waals surface area contributed by atoms with Crippen LogP contribution in [-0.4, -0.2) is 41.6 Å². The molecular weight excluding hydrogens is 348 g/mol. The Morgan fingerprint density at radius 1 is 1.24 bits per heavy atom. The zero-order valence-electron chi connectivity index (χ0n) is 14.4. The number of hydrogen-bond donors (Lipinski definition) is 3. The first-order valence-corrected chi connectivity index (χ1v) is 8.29. The van der Waals surface area contributed by atoms with Gasteiger partial charge in [-0.15, -0.1) is 0 Å². The quantitative estimate of drug-likeness (QED) is 0.615. The molecular formula is C17H23ClN2O5. The summed E-state index contributed by atoms with van der Waals surface area (Å²) in [6.07, 6.45) is -0.527. The summed E-state index contributed by atoms with van der Waals surface area (Å²) in [4.78, 5) is 34.9. The Morgan fingerprint density at radius 2 is 1.92 bits per heavy atom. The van der Waals surface area contributed by atoms with E-state index in [-0.39, 0.29) is 12.5 Å². The van der Waals surface area contributed by atoms with Crippen molar-refractivity contribution in [1.82, 2.24) is 10.6 Å². The van der Waals surface area contributed by atoms with Crippen molar-refractivity contribution in [2.75, 3.05) is 6.54 Å². The van der Waals surface area contributed by atoms with Gasteiger partial charge in [-0.1, -0.05) is 31.5 Å². The van der Waals surface area contributed by atoms with Crippen LogP contribution in [0.2, 0.25) is 5.02 Å². The monoisotopic (exact) mass is 370 g/mol. The van der Waals surface area contributed by atoms with E-state index >= 15 is 0 Å². The zero-order valence-corrected chi connectivity index (χ0v) is 15.2. The summed E-state index contributed by atoms with van der Waals surface area (Å²) < 4.78 is 5.44. The number of amides is 2. The average Bonchev–Trinajstić information content (AvgIpc) is 2.51. The van der Waals surface area contributed by atoms with E-state index in [9.17, 15) is 14.4 Å². The molecule has 0 spiro atoms. The lowest BCUT2D eigenvalue weighted by atomic mass is 10.0. The van der Waals surface area contributed by atoms with Crippen molar-refractivity contribution in [2.45, 2.75) is 39.3 Å². The summed E-state index contributed by atoms with van der Waals surface area (Å²) in [7, 11) is 0. The Bertz CT molecular complexity index is 621. The van der Waals surface area contributed by atoms with Gasteiger partial charge in [0.15, 0.2) is 6.10 Å². The fourth-order valence-corrected chi connectivity index (χ4v) is 2.23. The molecule has 8 heteroatoms. The second kappa shape index (κ2) is 9.88. The molecule has 25 heavy (non-hydrogen) atoms. The lowest BCUT2D eigenvalue weighted by molar-refractivity contribution is -0.142. The predicted molar refractivity (Wildman–Crippen MR) is 93.6 cm³/mol. The summed E-state index contributed by atoms with van der Waals surface area (Å²) >= 11 is 5.84. The molecule has 1 rings (SSSR count). The number of hydrogen-bond acceptors (Lipinski definition) is 4. The normalized spacial score (nSPS) is 13.0. The molecule has 0 bridgehead atoms. The summed E-state index contributed by atoms with van der Waals surface area (Å²) in [5.41, 5.74) is 0. The van der Waals surface area contributed by atoms with Gasteiger partial charge in [0.1, 0.15) is 11.8 Å². The van der Waals surface area contributed by atoms with Gasteiger partial charge in [0.2, 0.25) is 5.91 Å². The van der Waals surface area contributed by atoms with Crippen molar-refractivity contribution < 1.29 is 24.2 Å². The number of carbonyl (C=O) groups excluding carboxylic acids is 2. The second-order valence-corrected chi connectivity index (χ2v) is 6.46. The van der Waals surface area contributed by atoms with Crippen molar-refractivity contribution in [1.29, 1.82) is 0 Å². The second-order valence-electron chi connectivity index (χ2n) is 6.02. The number of benzene rings is 1. The Kier molecular flexibility index (Phi) is 8.21. The van der Waals surface area contributed by atoms with Gasteiger partial charge in [-0.25, -0.2) is 4.79 Å². The molecule has 1 aromatic carbocycles. The van der Waals surface area contributed by atoms with Crippen molar-refractivity contribution in [2.24, 2.45) is 5.92 Å². The molecule has 0 aliphatic rings. The minimum Gasteiger partial charge on any atom is -0.481 e. The molecule has 0 saturated heterocycles. The fourth-order valence-electron chi connectivity index (χ4n) is 2.05. The topological polar surface area (TPSA) is 105 Å². The first-order valence-electron chi connectivity index (χ1n) is 7.91. The third kappa shape index (κ3) is 7.89. The van der Waals surface area contributed by atoms with Gasteiger partial charge in [0.25, 0.3) is 5.91 Å². The Labute approximate surface area is 151 Å². The summed E-state index contributed by atoms with van der Waals surface area (Å²) in [5.74, 6) is -1.63. The standard InChI is InChI=1S/C17H23ClN2O5/c1-10(2)7-14(17(23)24)20-15(21)9-19-16(22)11(3)25-13-6-4-5-12(18)8-13/h4-6,8,10-11,14H,7,9H2,1-3H3,(H,19,22)(H,20,21)(H,23,24)/t11?,14-/m0/s1. The molecule has 0 aliphatic heterocycles. The molecule has 3 N–H and O–H groups in total. The summed E-state index contributed by atoms with van der Waals surface area (Å²) in [6.45, 7) is 4.92. The number of carboxylic acid groups (broad SMARTS) is 1. The van der Waals surface area contributed by atoms with Crippen LogP contribution >= 0.6 is 11.6 Å². The number of aliphatic carboxylic acids is 1.